The van der Waals surface area contributed by atoms with Gasteiger partial charge in [0.05, 0.1) is 0 Å². The van der Waals surface area contributed by atoms with Gasteiger partial charge < -0.3 is 5.32 Å². The molecule has 1 aliphatic heterocycles. The molecule has 1 saturated carbocycles. The van der Waals surface area contributed by atoms with Gasteiger partial charge in [-0.15, -0.1) is 0 Å². The van der Waals surface area contributed by atoms with Gasteiger partial charge in [0, 0.05) is 31.2 Å². The minimum absolute atomic E-state index is 0.712. The number of nitrogens with zero attached hydrogens (tertiary/aromatic N) is 1. The molecule has 0 amide bonds. The molecule has 0 bridgehead atoms. The summed E-state index contributed by atoms with van der Waals surface area (Å²) in [6, 6.07) is 2.26. The maximum atomic E-state index is 3.80. The molecular weight excluding hydrogens is 244 g/mol. The molecule has 1 heterocycles. The van der Waals surface area contributed by atoms with Gasteiger partial charge in [0.1, 0.15) is 0 Å². The summed E-state index contributed by atoms with van der Waals surface area (Å²) in [4.78, 5) is 2.86. The molecule has 2 nitrogen and oxygen atoms in total. The predicted octanol–water partition coefficient (Wildman–Crippen LogP) is 4.05. The highest BCUT2D eigenvalue weighted by molar-refractivity contribution is 4.91. The topological polar surface area (TPSA) is 15.3 Å². The maximum absolute atomic E-state index is 3.80. The highest BCUT2D eigenvalue weighted by Gasteiger charge is 2.33. The van der Waals surface area contributed by atoms with Crippen LogP contribution in [0, 0.1) is 11.8 Å². The number of hydrogen-bond donors (Lipinski definition) is 1. The second kappa shape index (κ2) is 7.79. The zero-order valence-corrected chi connectivity index (χ0v) is 14.2. The van der Waals surface area contributed by atoms with E-state index in [9.17, 15) is 0 Å². The van der Waals surface area contributed by atoms with Gasteiger partial charge in [-0.3, -0.25) is 4.90 Å². The van der Waals surface area contributed by atoms with Crippen LogP contribution in [0.15, 0.2) is 0 Å². The molecule has 20 heavy (non-hydrogen) atoms. The molecular formula is C18H36N2. The quantitative estimate of drug-likeness (QED) is 0.817. The van der Waals surface area contributed by atoms with Gasteiger partial charge in [0.25, 0.3) is 0 Å². The SMILES string of the molecule is CCC1CNC(CC(C)C)CN1C(C)C1CCCCC1. The Bertz CT molecular complexity index is 271. The van der Waals surface area contributed by atoms with E-state index in [1.165, 1.54) is 58.0 Å². The smallest absolute Gasteiger partial charge is 0.0221 e. The molecule has 2 fully saturated rings. The van der Waals surface area contributed by atoms with Crippen molar-refractivity contribution < 1.29 is 0 Å². The Hall–Kier alpha value is -0.0800. The first kappa shape index (κ1) is 16.3. The van der Waals surface area contributed by atoms with Crippen molar-refractivity contribution >= 4 is 0 Å². The molecule has 0 aromatic heterocycles. The Morgan fingerprint density at radius 2 is 1.80 bits per heavy atom. The molecule has 1 saturated heterocycles. The highest BCUT2D eigenvalue weighted by Crippen LogP contribution is 2.31. The summed E-state index contributed by atoms with van der Waals surface area (Å²) in [5.74, 6) is 1.76. The van der Waals surface area contributed by atoms with E-state index in [4.69, 9.17) is 0 Å². The van der Waals surface area contributed by atoms with E-state index in [1.54, 1.807) is 0 Å². The standard InChI is InChI=1S/C18H36N2/c1-5-18-12-19-17(11-14(2)3)13-20(18)15(4)16-9-7-6-8-10-16/h14-19H,5-13H2,1-4H3. The van der Waals surface area contributed by atoms with Crippen molar-refractivity contribution in [1.82, 2.24) is 10.2 Å². The van der Waals surface area contributed by atoms with Gasteiger partial charge >= 0.3 is 0 Å². The monoisotopic (exact) mass is 280 g/mol. The van der Waals surface area contributed by atoms with Gasteiger partial charge in [-0.1, -0.05) is 40.0 Å². The molecule has 1 N–H and O–H groups in total. The summed E-state index contributed by atoms with van der Waals surface area (Å²) >= 11 is 0. The third-order valence-electron chi connectivity index (χ3n) is 5.62. The van der Waals surface area contributed by atoms with Crippen LogP contribution in [0.3, 0.4) is 0 Å². The van der Waals surface area contributed by atoms with E-state index in [2.05, 4.69) is 37.9 Å². The Morgan fingerprint density at radius 3 is 2.40 bits per heavy atom. The van der Waals surface area contributed by atoms with Crippen LogP contribution in [0.2, 0.25) is 0 Å². The van der Waals surface area contributed by atoms with E-state index in [1.807, 2.05) is 0 Å². The van der Waals surface area contributed by atoms with Crippen LogP contribution < -0.4 is 5.32 Å². The largest absolute Gasteiger partial charge is 0.311 e. The number of hydrogen-bond acceptors (Lipinski definition) is 2. The highest BCUT2D eigenvalue weighted by atomic mass is 15.3. The van der Waals surface area contributed by atoms with Crippen LogP contribution in [0.1, 0.15) is 72.6 Å². The number of piperazine rings is 1. The molecule has 0 aromatic carbocycles. The van der Waals surface area contributed by atoms with Crippen LogP contribution in [0.4, 0.5) is 0 Å². The first-order valence-electron chi connectivity index (χ1n) is 9.11. The average Bonchev–Trinajstić information content (AvgIpc) is 2.46. The Labute approximate surface area is 126 Å². The molecule has 2 aliphatic rings. The van der Waals surface area contributed by atoms with Gasteiger partial charge in [0.2, 0.25) is 0 Å². The molecule has 0 radical (unpaired) electrons. The third kappa shape index (κ3) is 4.21. The zero-order chi connectivity index (χ0) is 14.5. The van der Waals surface area contributed by atoms with Gasteiger partial charge in [-0.2, -0.15) is 0 Å². The summed E-state index contributed by atoms with van der Waals surface area (Å²) < 4.78 is 0. The molecule has 2 heteroatoms. The van der Waals surface area contributed by atoms with Crippen molar-refractivity contribution in [2.75, 3.05) is 13.1 Å². The summed E-state index contributed by atoms with van der Waals surface area (Å²) in [6.45, 7) is 12.0. The van der Waals surface area contributed by atoms with Crippen molar-refractivity contribution in [3.63, 3.8) is 0 Å². The zero-order valence-electron chi connectivity index (χ0n) is 14.2. The number of rotatable bonds is 5. The maximum Gasteiger partial charge on any atom is 0.0221 e. The predicted molar refractivity (Wildman–Crippen MR) is 88.1 cm³/mol. The Morgan fingerprint density at radius 1 is 1.10 bits per heavy atom. The van der Waals surface area contributed by atoms with E-state index in [0.717, 1.165) is 23.9 Å². The average molecular weight is 280 g/mol. The van der Waals surface area contributed by atoms with Crippen LogP contribution in [0.25, 0.3) is 0 Å². The second-order valence-corrected chi connectivity index (χ2v) is 7.63. The first-order chi connectivity index (χ1) is 9.61. The van der Waals surface area contributed by atoms with Crippen molar-refractivity contribution in [1.29, 1.82) is 0 Å². The van der Waals surface area contributed by atoms with Gasteiger partial charge in [-0.25, -0.2) is 0 Å². The minimum Gasteiger partial charge on any atom is -0.311 e. The van der Waals surface area contributed by atoms with Crippen LogP contribution in [-0.2, 0) is 0 Å². The first-order valence-corrected chi connectivity index (χ1v) is 9.11. The fourth-order valence-electron chi connectivity index (χ4n) is 4.38. The fourth-order valence-corrected chi connectivity index (χ4v) is 4.38. The number of nitrogens with one attached hydrogen (secondary N) is 1. The van der Waals surface area contributed by atoms with Crippen LogP contribution >= 0.6 is 0 Å². The van der Waals surface area contributed by atoms with Crippen molar-refractivity contribution in [3.8, 4) is 0 Å². The summed E-state index contributed by atoms with van der Waals surface area (Å²) in [6.07, 6.45) is 9.95. The van der Waals surface area contributed by atoms with Crippen LogP contribution in [-0.4, -0.2) is 36.1 Å². The molecule has 0 aromatic rings. The Balaban J connectivity index is 1.96. The summed E-state index contributed by atoms with van der Waals surface area (Å²) in [5, 5.41) is 3.80. The lowest BCUT2D eigenvalue weighted by Gasteiger charge is -2.47. The molecule has 118 valence electrons. The minimum atomic E-state index is 0.712. The fraction of sp³-hybridized carbons (Fsp3) is 1.00. The third-order valence-corrected chi connectivity index (χ3v) is 5.62. The van der Waals surface area contributed by atoms with E-state index < -0.39 is 0 Å². The van der Waals surface area contributed by atoms with E-state index in [0.29, 0.717) is 6.04 Å². The lowest BCUT2D eigenvalue weighted by Crippen LogP contribution is -2.60. The molecule has 1 aliphatic carbocycles. The van der Waals surface area contributed by atoms with Crippen molar-refractivity contribution in [2.24, 2.45) is 11.8 Å². The summed E-state index contributed by atoms with van der Waals surface area (Å²) in [5.41, 5.74) is 0. The van der Waals surface area contributed by atoms with Gasteiger partial charge in [-0.05, 0) is 44.4 Å². The molecule has 3 unspecified atom stereocenters. The van der Waals surface area contributed by atoms with Gasteiger partial charge in [0.15, 0.2) is 0 Å². The molecule has 0 spiro atoms. The van der Waals surface area contributed by atoms with Crippen LogP contribution in [0.5, 0.6) is 0 Å². The van der Waals surface area contributed by atoms with Crippen molar-refractivity contribution in [3.05, 3.63) is 0 Å². The van der Waals surface area contributed by atoms with Crippen molar-refractivity contribution in [2.45, 2.75) is 90.8 Å². The lowest BCUT2D eigenvalue weighted by molar-refractivity contribution is 0.0431. The Kier molecular flexibility index (Phi) is 6.35. The normalized spacial score (nSPS) is 31.6. The van der Waals surface area contributed by atoms with E-state index >= 15 is 0 Å². The molecule has 2 rings (SSSR count). The second-order valence-electron chi connectivity index (χ2n) is 7.63. The molecule has 3 atom stereocenters. The lowest BCUT2D eigenvalue weighted by atomic mass is 9.82. The summed E-state index contributed by atoms with van der Waals surface area (Å²) in [7, 11) is 0. The van der Waals surface area contributed by atoms with E-state index in [-0.39, 0.29) is 0 Å².